The largest absolute Gasteiger partial charge is 0.491 e. The van der Waals surface area contributed by atoms with Crippen LogP contribution >= 0.6 is 11.6 Å². The molecular weight excluding hydrogens is 254 g/mol. The van der Waals surface area contributed by atoms with E-state index in [1.165, 1.54) is 13.0 Å². The van der Waals surface area contributed by atoms with Gasteiger partial charge in [0.15, 0.2) is 17.4 Å². The van der Waals surface area contributed by atoms with Crippen LogP contribution in [-0.4, -0.2) is 12.5 Å². The van der Waals surface area contributed by atoms with E-state index in [1.807, 2.05) is 0 Å². The number of primary amides is 1. The van der Waals surface area contributed by atoms with E-state index in [1.54, 1.807) is 0 Å². The average Bonchev–Trinajstić information content (AvgIpc) is 2.26. The molecule has 0 aliphatic heterocycles. The molecule has 2 N–H and O–H groups in total. The van der Waals surface area contributed by atoms with E-state index in [0.717, 1.165) is 0 Å². The van der Waals surface area contributed by atoms with E-state index in [4.69, 9.17) is 27.3 Å². The van der Waals surface area contributed by atoms with Crippen molar-refractivity contribution >= 4 is 17.5 Å². The Morgan fingerprint density at radius 2 is 2.12 bits per heavy atom. The van der Waals surface area contributed by atoms with Gasteiger partial charge in [-0.1, -0.05) is 11.6 Å². The molecule has 0 aromatic heterocycles. The first-order chi connectivity index (χ1) is 7.95. The number of halogens is 3. The van der Waals surface area contributed by atoms with E-state index >= 15 is 0 Å². The third-order valence-corrected chi connectivity index (χ3v) is 2.26. The van der Waals surface area contributed by atoms with Gasteiger partial charge in [-0.15, -0.1) is 0 Å². The molecule has 0 saturated heterocycles. The number of carbonyl (C=O) groups is 1. The van der Waals surface area contributed by atoms with Crippen molar-refractivity contribution in [2.45, 2.75) is 6.92 Å². The minimum absolute atomic E-state index is 0.0325. The molecule has 4 nitrogen and oxygen atoms in total. The van der Waals surface area contributed by atoms with Crippen LogP contribution in [0.2, 0.25) is 5.02 Å². The van der Waals surface area contributed by atoms with Gasteiger partial charge >= 0.3 is 0 Å². The van der Waals surface area contributed by atoms with Gasteiger partial charge in [0.1, 0.15) is 22.2 Å². The van der Waals surface area contributed by atoms with Crippen molar-refractivity contribution in [3.63, 3.8) is 0 Å². The van der Waals surface area contributed by atoms with Crippen molar-refractivity contribution in [2.24, 2.45) is 5.73 Å². The molecule has 17 heavy (non-hydrogen) atoms. The van der Waals surface area contributed by atoms with Crippen LogP contribution in [0.4, 0.5) is 8.78 Å². The highest BCUT2D eigenvalue weighted by Crippen LogP contribution is 2.35. The number of nitrogens with two attached hydrogens (primary N) is 1. The molecule has 0 atom stereocenters. The molecule has 0 unspecified atom stereocenters. The topological polar surface area (TPSA) is 76.1 Å². The summed E-state index contributed by atoms with van der Waals surface area (Å²) < 4.78 is 32.0. The zero-order valence-corrected chi connectivity index (χ0v) is 9.44. The Hall–Kier alpha value is -1.87. The minimum atomic E-state index is -1.37. The highest BCUT2D eigenvalue weighted by Gasteiger charge is 2.27. The second kappa shape index (κ2) is 4.97. The Kier molecular flexibility index (Phi) is 3.86. The number of ether oxygens (including phenoxy) is 1. The van der Waals surface area contributed by atoms with Gasteiger partial charge in [-0.25, -0.2) is 8.78 Å². The smallest absolute Gasteiger partial charge is 0.255 e. The molecule has 0 aliphatic rings. The predicted molar refractivity (Wildman–Crippen MR) is 55.8 cm³/mol. The Balaban J connectivity index is 3.72. The molecule has 0 aliphatic carbocycles. The van der Waals surface area contributed by atoms with E-state index in [0.29, 0.717) is 0 Å². The van der Waals surface area contributed by atoms with Gasteiger partial charge in [-0.2, -0.15) is 5.26 Å². The molecule has 7 heteroatoms. The Morgan fingerprint density at radius 3 is 2.53 bits per heavy atom. The number of hydrogen-bond acceptors (Lipinski definition) is 3. The molecule has 0 radical (unpaired) electrons. The second-order valence-corrected chi connectivity index (χ2v) is 3.31. The second-order valence-electron chi connectivity index (χ2n) is 2.93. The van der Waals surface area contributed by atoms with Crippen molar-refractivity contribution in [3.05, 3.63) is 27.8 Å². The lowest BCUT2D eigenvalue weighted by Gasteiger charge is -2.12. The first kappa shape index (κ1) is 13.2. The summed E-state index contributed by atoms with van der Waals surface area (Å²) in [4.78, 5) is 11.1. The molecular formula is C10H7ClF2N2O2. The summed E-state index contributed by atoms with van der Waals surface area (Å²) in [7, 11) is 0. The molecule has 0 fully saturated rings. The Bertz CT molecular complexity index is 526. The fraction of sp³-hybridized carbons (Fsp3) is 0.200. The van der Waals surface area contributed by atoms with Gasteiger partial charge in [0.25, 0.3) is 5.91 Å². The summed E-state index contributed by atoms with van der Waals surface area (Å²) in [6.07, 6.45) is 0. The molecule has 1 amide bonds. The molecule has 0 bridgehead atoms. The molecule has 1 aromatic rings. The van der Waals surface area contributed by atoms with Gasteiger partial charge in [0.05, 0.1) is 6.61 Å². The van der Waals surface area contributed by atoms with Gasteiger partial charge in [0.2, 0.25) is 0 Å². The first-order valence-electron chi connectivity index (χ1n) is 4.48. The summed E-state index contributed by atoms with van der Waals surface area (Å²) in [6.45, 7) is 1.57. The Labute approximate surface area is 101 Å². The maximum absolute atomic E-state index is 13.6. The SMILES string of the molecule is CCOc1c(Cl)c(F)c(C#N)c(F)c1C(N)=O. The standard InChI is InChI=1S/C10H7ClF2N2O2/c1-2-17-9-5(10(15)16)7(12)4(3-14)8(13)6(9)11/h2H2,1H3,(H2,15,16). The van der Waals surface area contributed by atoms with Crippen molar-refractivity contribution in [2.75, 3.05) is 6.61 Å². The molecule has 0 saturated carbocycles. The maximum Gasteiger partial charge on any atom is 0.255 e. The van der Waals surface area contributed by atoms with Crippen molar-refractivity contribution in [1.82, 2.24) is 0 Å². The van der Waals surface area contributed by atoms with E-state index < -0.39 is 39.4 Å². The summed E-state index contributed by atoms with van der Waals surface area (Å²) in [5.74, 6) is -4.33. The zero-order valence-electron chi connectivity index (χ0n) is 8.68. The Morgan fingerprint density at radius 1 is 1.53 bits per heavy atom. The number of nitrogens with zero attached hydrogens (tertiary/aromatic N) is 1. The van der Waals surface area contributed by atoms with Crippen LogP contribution in [0, 0.1) is 23.0 Å². The number of hydrogen-bond donors (Lipinski definition) is 1. The summed E-state index contributed by atoms with van der Waals surface area (Å²) in [5, 5.41) is 7.93. The van der Waals surface area contributed by atoms with Crippen LogP contribution in [0.3, 0.4) is 0 Å². The highest BCUT2D eigenvalue weighted by atomic mass is 35.5. The van der Waals surface area contributed by atoms with Crippen LogP contribution in [0.15, 0.2) is 0 Å². The van der Waals surface area contributed by atoms with Gasteiger partial charge in [0, 0.05) is 0 Å². The minimum Gasteiger partial charge on any atom is -0.491 e. The number of nitriles is 1. The summed E-state index contributed by atoms with van der Waals surface area (Å²) >= 11 is 5.55. The summed E-state index contributed by atoms with van der Waals surface area (Å²) in [6, 6.07) is 1.27. The molecule has 0 spiro atoms. The average molecular weight is 261 g/mol. The van der Waals surface area contributed by atoms with E-state index in [9.17, 15) is 13.6 Å². The van der Waals surface area contributed by atoms with Crippen molar-refractivity contribution in [1.29, 1.82) is 5.26 Å². The lowest BCUT2D eigenvalue weighted by Crippen LogP contribution is -2.17. The number of carbonyl (C=O) groups excluding carboxylic acids is 1. The highest BCUT2D eigenvalue weighted by molar-refractivity contribution is 6.33. The fourth-order valence-electron chi connectivity index (χ4n) is 1.24. The predicted octanol–water partition coefficient (Wildman–Crippen LogP) is 1.99. The fourth-order valence-corrected chi connectivity index (χ4v) is 1.48. The lowest BCUT2D eigenvalue weighted by molar-refractivity contribution is 0.0992. The quantitative estimate of drug-likeness (QED) is 0.845. The number of rotatable bonds is 3. The number of benzene rings is 1. The lowest BCUT2D eigenvalue weighted by atomic mass is 10.1. The van der Waals surface area contributed by atoms with Crippen LogP contribution in [-0.2, 0) is 0 Å². The first-order valence-corrected chi connectivity index (χ1v) is 4.86. The van der Waals surface area contributed by atoms with Crippen LogP contribution in [0.25, 0.3) is 0 Å². The third-order valence-electron chi connectivity index (χ3n) is 1.92. The van der Waals surface area contributed by atoms with E-state index in [2.05, 4.69) is 0 Å². The normalized spacial score (nSPS) is 9.82. The van der Waals surface area contributed by atoms with Gasteiger partial charge in [-0.05, 0) is 6.92 Å². The molecule has 0 heterocycles. The summed E-state index contributed by atoms with van der Waals surface area (Å²) in [5.41, 5.74) is 3.25. The third kappa shape index (κ3) is 2.15. The van der Waals surface area contributed by atoms with Crippen LogP contribution in [0.5, 0.6) is 5.75 Å². The molecule has 90 valence electrons. The van der Waals surface area contributed by atoms with Crippen LogP contribution in [0.1, 0.15) is 22.8 Å². The molecule has 1 aromatic carbocycles. The molecule has 1 rings (SSSR count). The van der Waals surface area contributed by atoms with Crippen molar-refractivity contribution in [3.8, 4) is 11.8 Å². The van der Waals surface area contributed by atoms with E-state index in [-0.39, 0.29) is 6.61 Å². The monoisotopic (exact) mass is 260 g/mol. The zero-order chi connectivity index (χ0) is 13.2. The van der Waals surface area contributed by atoms with Crippen LogP contribution < -0.4 is 10.5 Å². The van der Waals surface area contributed by atoms with Gasteiger partial charge < -0.3 is 10.5 Å². The number of amides is 1. The maximum atomic E-state index is 13.6. The van der Waals surface area contributed by atoms with Crippen molar-refractivity contribution < 1.29 is 18.3 Å². The van der Waals surface area contributed by atoms with Gasteiger partial charge in [-0.3, -0.25) is 4.79 Å².